The molecule has 1 aliphatic heterocycles. The predicted molar refractivity (Wildman–Crippen MR) is 147 cm³/mol. The molecule has 1 amide bonds. The number of benzene rings is 2. The lowest BCUT2D eigenvalue weighted by molar-refractivity contribution is -0.231. The molecule has 0 saturated carbocycles. The van der Waals surface area contributed by atoms with E-state index < -0.39 is 11.7 Å². The number of hydrogen-bond acceptors (Lipinski definition) is 8. The van der Waals surface area contributed by atoms with E-state index in [0.29, 0.717) is 53.7 Å². The van der Waals surface area contributed by atoms with Gasteiger partial charge in [-0.25, -0.2) is 23.7 Å². The third-order valence-electron chi connectivity index (χ3n) is 6.54. The second kappa shape index (κ2) is 12.5. The van der Waals surface area contributed by atoms with Crippen molar-refractivity contribution in [1.82, 2.24) is 25.3 Å². The minimum atomic E-state index is -0.869. The number of nitrogens with zero attached hydrogens (tertiary/aromatic N) is 3. The molecular formula is C29H30F2N6O4. The van der Waals surface area contributed by atoms with Crippen LogP contribution in [0.2, 0.25) is 0 Å². The maximum atomic E-state index is 13.7. The summed E-state index contributed by atoms with van der Waals surface area (Å²) in [7, 11) is 1.61. The first-order chi connectivity index (χ1) is 19.8. The molecule has 2 aromatic heterocycles. The Hall–Kier alpha value is -4.26. The van der Waals surface area contributed by atoms with E-state index in [1.54, 1.807) is 50.6 Å². The Bertz CT molecular complexity index is 1470. The number of halogens is 2. The fourth-order valence-corrected chi connectivity index (χ4v) is 4.26. The molecule has 0 unspecified atom stereocenters. The molecule has 5 rings (SSSR count). The molecular weight excluding hydrogens is 534 g/mol. The average molecular weight is 565 g/mol. The third-order valence-corrected chi connectivity index (χ3v) is 6.54. The minimum absolute atomic E-state index is 0.120. The van der Waals surface area contributed by atoms with E-state index in [2.05, 4.69) is 25.6 Å². The third kappa shape index (κ3) is 6.73. The molecule has 1 saturated heterocycles. The normalized spacial score (nSPS) is 18.7. The monoisotopic (exact) mass is 564 g/mol. The van der Waals surface area contributed by atoms with E-state index in [0.717, 1.165) is 0 Å². The number of carbonyl (C=O) groups is 1. The first-order valence-corrected chi connectivity index (χ1v) is 13.1. The standard InChI is InChI=1S/C29H30F2N6O4/c1-29(27(38)32-13-3-15-39-2)16-40-26(41-17-29)25-36-23(18-4-6-19(30)7-5-18)24(37-25)22-12-14-33-28(35-22)34-21-10-8-20(31)9-11-21/h4-12,14,26H,3,13,15-17H2,1-2H3,(H,32,38)(H,36,37)(H,33,34,35). The first-order valence-electron chi connectivity index (χ1n) is 13.1. The Morgan fingerprint density at radius 3 is 2.41 bits per heavy atom. The summed E-state index contributed by atoms with van der Waals surface area (Å²) in [6, 6.07) is 13.5. The smallest absolute Gasteiger partial charge is 0.230 e. The minimum Gasteiger partial charge on any atom is -0.385 e. The van der Waals surface area contributed by atoms with Crippen molar-refractivity contribution >= 4 is 17.5 Å². The zero-order chi connectivity index (χ0) is 28.8. The Balaban J connectivity index is 1.38. The van der Waals surface area contributed by atoms with Crippen molar-refractivity contribution in [2.24, 2.45) is 5.41 Å². The van der Waals surface area contributed by atoms with Gasteiger partial charge in [-0.3, -0.25) is 4.79 Å². The number of aromatic amines is 1. The van der Waals surface area contributed by atoms with E-state index in [1.807, 2.05) is 0 Å². The summed E-state index contributed by atoms with van der Waals surface area (Å²) >= 11 is 0. The van der Waals surface area contributed by atoms with Crippen LogP contribution in [0.3, 0.4) is 0 Å². The summed E-state index contributed by atoms with van der Waals surface area (Å²) in [5.74, 6) is -0.241. The van der Waals surface area contributed by atoms with Crippen LogP contribution in [0.1, 0.15) is 25.5 Å². The van der Waals surface area contributed by atoms with Gasteiger partial charge >= 0.3 is 0 Å². The highest BCUT2D eigenvalue weighted by Gasteiger charge is 2.40. The van der Waals surface area contributed by atoms with Crippen LogP contribution in [0.5, 0.6) is 0 Å². The molecule has 0 aliphatic carbocycles. The zero-order valence-corrected chi connectivity index (χ0v) is 22.6. The van der Waals surface area contributed by atoms with Gasteiger partial charge in [0.1, 0.15) is 11.6 Å². The SMILES string of the molecule is COCCCNC(=O)C1(C)COC(c2nc(-c3ccc(F)cc3)c(-c3ccnc(Nc4ccc(F)cc4)n3)[nH]2)OC1. The molecule has 2 aromatic carbocycles. The van der Waals surface area contributed by atoms with E-state index >= 15 is 0 Å². The summed E-state index contributed by atoms with van der Waals surface area (Å²) in [6.07, 6.45) is 1.41. The molecule has 4 aromatic rings. The van der Waals surface area contributed by atoms with Crippen molar-refractivity contribution in [3.05, 3.63) is 78.3 Å². The highest BCUT2D eigenvalue weighted by Crippen LogP contribution is 2.35. The van der Waals surface area contributed by atoms with E-state index in [1.165, 1.54) is 24.3 Å². The Morgan fingerprint density at radius 1 is 1.05 bits per heavy atom. The van der Waals surface area contributed by atoms with E-state index in [-0.39, 0.29) is 36.7 Å². The molecule has 1 aliphatic rings. The molecule has 12 heteroatoms. The van der Waals surface area contributed by atoms with Crippen molar-refractivity contribution in [3.63, 3.8) is 0 Å². The summed E-state index contributed by atoms with van der Waals surface area (Å²) in [5.41, 5.74) is 1.93. The van der Waals surface area contributed by atoms with Crippen LogP contribution in [0, 0.1) is 17.0 Å². The van der Waals surface area contributed by atoms with Crippen molar-refractivity contribution in [3.8, 4) is 22.6 Å². The second-order valence-electron chi connectivity index (χ2n) is 9.87. The highest BCUT2D eigenvalue weighted by atomic mass is 19.1. The molecule has 1 fully saturated rings. The van der Waals surface area contributed by atoms with Crippen LogP contribution in [0.25, 0.3) is 22.6 Å². The van der Waals surface area contributed by atoms with Crippen molar-refractivity contribution < 1.29 is 27.8 Å². The van der Waals surface area contributed by atoms with Crippen LogP contribution in [0.4, 0.5) is 20.4 Å². The highest BCUT2D eigenvalue weighted by molar-refractivity contribution is 5.82. The van der Waals surface area contributed by atoms with Gasteiger partial charge in [0.2, 0.25) is 18.1 Å². The van der Waals surface area contributed by atoms with E-state index in [4.69, 9.17) is 19.2 Å². The van der Waals surface area contributed by atoms with Crippen LogP contribution < -0.4 is 10.6 Å². The number of imidazole rings is 1. The molecule has 41 heavy (non-hydrogen) atoms. The predicted octanol–water partition coefficient (Wildman–Crippen LogP) is 4.76. The maximum absolute atomic E-state index is 13.7. The quantitative estimate of drug-likeness (QED) is 0.236. The zero-order valence-electron chi connectivity index (χ0n) is 22.6. The number of methoxy groups -OCH3 is 1. The van der Waals surface area contributed by atoms with Gasteiger partial charge in [-0.15, -0.1) is 0 Å². The Labute approximate surface area is 235 Å². The summed E-state index contributed by atoms with van der Waals surface area (Å²) in [5, 5.41) is 5.95. The molecule has 0 bridgehead atoms. The lowest BCUT2D eigenvalue weighted by atomic mass is 9.91. The second-order valence-corrected chi connectivity index (χ2v) is 9.87. The van der Waals surface area contributed by atoms with Gasteiger partial charge in [-0.05, 0) is 67.9 Å². The lowest BCUT2D eigenvalue weighted by Crippen LogP contribution is -2.48. The van der Waals surface area contributed by atoms with Gasteiger partial charge in [-0.2, -0.15) is 0 Å². The molecule has 0 spiro atoms. The summed E-state index contributed by atoms with van der Waals surface area (Å²) in [4.78, 5) is 29.6. The van der Waals surface area contributed by atoms with Crippen molar-refractivity contribution in [2.75, 3.05) is 38.8 Å². The molecule has 3 N–H and O–H groups in total. The first kappa shape index (κ1) is 28.3. The number of H-pyrrole nitrogens is 1. The van der Waals surface area contributed by atoms with Crippen LogP contribution in [-0.4, -0.2) is 59.3 Å². The number of hydrogen-bond donors (Lipinski definition) is 3. The number of anilines is 2. The Morgan fingerprint density at radius 2 is 1.73 bits per heavy atom. The number of amides is 1. The molecule has 214 valence electrons. The van der Waals surface area contributed by atoms with Gasteiger partial charge < -0.3 is 29.8 Å². The topological polar surface area (TPSA) is 123 Å². The maximum Gasteiger partial charge on any atom is 0.230 e. The summed E-state index contributed by atoms with van der Waals surface area (Å²) in [6.45, 7) is 3.07. The van der Waals surface area contributed by atoms with Crippen LogP contribution >= 0.6 is 0 Å². The van der Waals surface area contributed by atoms with Crippen LogP contribution in [-0.2, 0) is 19.0 Å². The fourth-order valence-electron chi connectivity index (χ4n) is 4.26. The largest absolute Gasteiger partial charge is 0.385 e. The molecule has 0 radical (unpaired) electrons. The molecule has 3 heterocycles. The number of aromatic nitrogens is 4. The average Bonchev–Trinajstić information content (AvgIpc) is 3.43. The van der Waals surface area contributed by atoms with Crippen molar-refractivity contribution in [1.29, 1.82) is 0 Å². The summed E-state index contributed by atoms with van der Waals surface area (Å²) < 4.78 is 44.0. The van der Waals surface area contributed by atoms with Gasteiger partial charge in [-0.1, -0.05) is 0 Å². The van der Waals surface area contributed by atoms with Crippen LogP contribution in [0.15, 0.2) is 60.8 Å². The van der Waals surface area contributed by atoms with Gasteiger partial charge in [0.05, 0.1) is 35.7 Å². The molecule has 10 nitrogen and oxygen atoms in total. The Kier molecular flexibility index (Phi) is 8.62. The van der Waals surface area contributed by atoms with E-state index in [9.17, 15) is 13.6 Å². The van der Waals surface area contributed by atoms with Gasteiger partial charge in [0, 0.05) is 37.7 Å². The molecule has 0 atom stereocenters. The lowest BCUT2D eigenvalue weighted by Gasteiger charge is -2.35. The number of carbonyl (C=O) groups excluding carboxylic acids is 1. The van der Waals surface area contributed by atoms with Crippen molar-refractivity contribution in [2.45, 2.75) is 19.6 Å². The fraction of sp³-hybridized carbons (Fsp3) is 0.310. The van der Waals surface area contributed by atoms with Gasteiger partial charge in [0.25, 0.3) is 0 Å². The number of rotatable bonds is 10. The number of nitrogens with one attached hydrogen (secondary N) is 3. The van der Waals surface area contributed by atoms with Gasteiger partial charge in [0.15, 0.2) is 5.82 Å². The number of ether oxygens (including phenoxy) is 3.